The third kappa shape index (κ3) is 1.79. The van der Waals surface area contributed by atoms with Crippen LogP contribution in [0.3, 0.4) is 0 Å². The van der Waals surface area contributed by atoms with Crippen molar-refractivity contribution in [2.24, 2.45) is 0 Å². The normalized spacial score (nSPS) is 14.8. The van der Waals surface area contributed by atoms with Gasteiger partial charge in [0, 0.05) is 22.9 Å². The maximum Gasteiger partial charge on any atom is 0.163 e. The summed E-state index contributed by atoms with van der Waals surface area (Å²) in [5.41, 5.74) is 8.69. The smallest absolute Gasteiger partial charge is 0.163 e. The number of fused-ring (bicyclic) bond motifs is 1. The van der Waals surface area contributed by atoms with Gasteiger partial charge in [-0.15, -0.1) is 0 Å². The first-order valence-corrected chi connectivity index (χ1v) is 7.27. The average molecular weight is 330 g/mol. The second-order valence-corrected chi connectivity index (χ2v) is 5.88. The summed E-state index contributed by atoms with van der Waals surface area (Å²) in [4.78, 5) is 13.2. The van der Waals surface area contributed by atoms with Gasteiger partial charge >= 0.3 is 0 Å². The zero-order chi connectivity index (χ0) is 13.7. The van der Waals surface area contributed by atoms with Crippen LogP contribution in [0.1, 0.15) is 18.9 Å². The number of benzene rings is 1. The van der Waals surface area contributed by atoms with E-state index in [0.29, 0.717) is 17.6 Å². The fraction of sp³-hybridized carbons (Fsp3) is 0.214. The average Bonchev–Trinajstić information content (AvgIpc) is 3.20. The zero-order valence-corrected chi connectivity index (χ0v) is 12.2. The molecule has 2 N–H and O–H groups in total. The summed E-state index contributed by atoms with van der Waals surface area (Å²) in [5, 5.41) is 0. The number of hydrogen-bond donors (Lipinski definition) is 1. The Morgan fingerprint density at radius 3 is 2.75 bits per heavy atom. The van der Waals surface area contributed by atoms with Crippen LogP contribution >= 0.6 is 15.9 Å². The molecule has 0 unspecified atom stereocenters. The van der Waals surface area contributed by atoms with Gasteiger partial charge in [-0.25, -0.2) is 15.0 Å². The molecule has 0 radical (unpaired) electrons. The van der Waals surface area contributed by atoms with E-state index in [1.54, 1.807) is 12.4 Å². The summed E-state index contributed by atoms with van der Waals surface area (Å²) in [6.07, 6.45) is 5.60. The Morgan fingerprint density at radius 2 is 2.00 bits per heavy atom. The number of halogens is 1. The Morgan fingerprint density at radius 1 is 1.20 bits per heavy atom. The number of rotatable bonds is 2. The zero-order valence-electron chi connectivity index (χ0n) is 10.6. The number of nitrogens with zero attached hydrogens (tertiary/aromatic N) is 4. The first-order chi connectivity index (χ1) is 9.74. The number of nitrogen functional groups attached to an aromatic ring is 1. The predicted octanol–water partition coefficient (Wildman–Crippen LogP) is 3.17. The van der Waals surface area contributed by atoms with E-state index in [-0.39, 0.29) is 0 Å². The minimum Gasteiger partial charge on any atom is -0.382 e. The van der Waals surface area contributed by atoms with Crippen molar-refractivity contribution in [3.05, 3.63) is 35.1 Å². The van der Waals surface area contributed by atoms with Crippen molar-refractivity contribution >= 4 is 32.8 Å². The molecule has 20 heavy (non-hydrogen) atoms. The van der Waals surface area contributed by atoms with Crippen LogP contribution in [0.15, 0.2) is 35.1 Å². The van der Waals surface area contributed by atoms with E-state index in [9.17, 15) is 0 Å². The van der Waals surface area contributed by atoms with E-state index in [1.165, 1.54) is 12.8 Å². The molecule has 6 heteroatoms. The van der Waals surface area contributed by atoms with Gasteiger partial charge in [0.05, 0.1) is 11.0 Å². The molecule has 1 aromatic carbocycles. The van der Waals surface area contributed by atoms with Crippen LogP contribution in [0.2, 0.25) is 0 Å². The molecule has 0 atom stereocenters. The molecule has 1 saturated carbocycles. The van der Waals surface area contributed by atoms with Gasteiger partial charge in [0.15, 0.2) is 11.6 Å². The van der Waals surface area contributed by atoms with Crippen LogP contribution in [-0.2, 0) is 0 Å². The highest BCUT2D eigenvalue weighted by Gasteiger charge is 2.29. The summed E-state index contributed by atoms with van der Waals surface area (Å²) in [7, 11) is 0. The van der Waals surface area contributed by atoms with Crippen LogP contribution in [0.25, 0.3) is 22.6 Å². The summed E-state index contributed by atoms with van der Waals surface area (Å²) in [6, 6.07) is 6.63. The number of nitrogens with two attached hydrogens (primary N) is 1. The Kier molecular flexibility index (Phi) is 2.53. The second-order valence-electron chi connectivity index (χ2n) is 4.96. The minimum atomic E-state index is 0.420. The van der Waals surface area contributed by atoms with Gasteiger partial charge in [-0.2, -0.15) is 0 Å². The van der Waals surface area contributed by atoms with Gasteiger partial charge in [0.25, 0.3) is 0 Å². The Balaban J connectivity index is 2.03. The molecule has 5 nitrogen and oxygen atoms in total. The van der Waals surface area contributed by atoms with Gasteiger partial charge in [0.1, 0.15) is 5.69 Å². The van der Waals surface area contributed by atoms with Gasteiger partial charge in [-0.3, -0.25) is 0 Å². The lowest BCUT2D eigenvalue weighted by Crippen LogP contribution is -2.03. The van der Waals surface area contributed by atoms with Crippen LogP contribution in [0, 0.1) is 0 Å². The summed E-state index contributed by atoms with van der Waals surface area (Å²) < 4.78 is 3.26. The van der Waals surface area contributed by atoms with E-state index in [0.717, 1.165) is 21.3 Å². The number of anilines is 1. The predicted molar refractivity (Wildman–Crippen MR) is 81.1 cm³/mol. The van der Waals surface area contributed by atoms with E-state index in [1.807, 2.05) is 12.1 Å². The number of aromatic nitrogens is 4. The fourth-order valence-corrected chi connectivity index (χ4v) is 2.81. The highest BCUT2D eigenvalue weighted by atomic mass is 79.9. The molecule has 0 aliphatic heterocycles. The maximum atomic E-state index is 5.96. The molecule has 4 rings (SSSR count). The number of imidazole rings is 1. The van der Waals surface area contributed by atoms with E-state index in [2.05, 4.69) is 36.5 Å². The SMILES string of the molecule is Nc1nccnc1-c1nc2cc(Br)ccc2n1C1CC1. The molecule has 3 aromatic rings. The highest BCUT2D eigenvalue weighted by molar-refractivity contribution is 9.10. The first-order valence-electron chi connectivity index (χ1n) is 6.48. The second kappa shape index (κ2) is 4.28. The van der Waals surface area contributed by atoms with Crippen molar-refractivity contribution in [3.8, 4) is 11.5 Å². The van der Waals surface area contributed by atoms with E-state index < -0.39 is 0 Å². The molecular weight excluding hydrogens is 318 g/mol. The van der Waals surface area contributed by atoms with Crippen molar-refractivity contribution < 1.29 is 0 Å². The monoisotopic (exact) mass is 329 g/mol. The standard InChI is InChI=1S/C14H12BrN5/c15-8-1-4-11-10(7-8)19-14(20(11)9-2-3-9)12-13(16)18-6-5-17-12/h1,4-7,9H,2-3H2,(H2,16,18). The van der Waals surface area contributed by atoms with E-state index in [4.69, 9.17) is 10.7 Å². The van der Waals surface area contributed by atoms with Crippen LogP contribution in [0.5, 0.6) is 0 Å². The lowest BCUT2D eigenvalue weighted by Gasteiger charge is -2.08. The van der Waals surface area contributed by atoms with Crippen LogP contribution in [-0.4, -0.2) is 19.5 Å². The molecule has 2 heterocycles. The van der Waals surface area contributed by atoms with Gasteiger partial charge in [-0.05, 0) is 31.0 Å². The Bertz CT molecular complexity index is 806. The van der Waals surface area contributed by atoms with Crippen molar-refractivity contribution in [2.75, 3.05) is 5.73 Å². The third-order valence-corrected chi connectivity index (χ3v) is 4.00. The fourth-order valence-electron chi connectivity index (χ4n) is 2.46. The van der Waals surface area contributed by atoms with Crippen molar-refractivity contribution in [2.45, 2.75) is 18.9 Å². The molecule has 1 aliphatic carbocycles. The van der Waals surface area contributed by atoms with Crippen molar-refractivity contribution in [3.63, 3.8) is 0 Å². The molecule has 2 aromatic heterocycles. The molecule has 0 amide bonds. The quantitative estimate of drug-likeness (QED) is 0.783. The highest BCUT2D eigenvalue weighted by Crippen LogP contribution is 2.41. The third-order valence-electron chi connectivity index (χ3n) is 3.50. The van der Waals surface area contributed by atoms with Crippen molar-refractivity contribution in [1.82, 2.24) is 19.5 Å². The van der Waals surface area contributed by atoms with Gasteiger partial charge in [-0.1, -0.05) is 15.9 Å². The summed E-state index contributed by atoms with van der Waals surface area (Å²) in [6.45, 7) is 0. The Labute approximate surface area is 124 Å². The van der Waals surface area contributed by atoms with Crippen LogP contribution in [0.4, 0.5) is 5.82 Å². The Hall–Kier alpha value is -1.95. The molecule has 0 spiro atoms. The maximum absolute atomic E-state index is 5.96. The summed E-state index contributed by atoms with van der Waals surface area (Å²) >= 11 is 3.49. The molecule has 0 saturated heterocycles. The molecule has 1 aliphatic rings. The van der Waals surface area contributed by atoms with Crippen LogP contribution < -0.4 is 5.73 Å². The van der Waals surface area contributed by atoms with Crippen molar-refractivity contribution in [1.29, 1.82) is 0 Å². The number of hydrogen-bond acceptors (Lipinski definition) is 4. The lowest BCUT2D eigenvalue weighted by atomic mass is 10.3. The minimum absolute atomic E-state index is 0.420. The first kappa shape index (κ1) is 11.8. The van der Waals surface area contributed by atoms with E-state index >= 15 is 0 Å². The molecule has 100 valence electrons. The van der Waals surface area contributed by atoms with Gasteiger partial charge < -0.3 is 10.3 Å². The molecule has 1 fully saturated rings. The molecule has 0 bridgehead atoms. The molecular formula is C14H12BrN5. The van der Waals surface area contributed by atoms with Gasteiger partial charge in [0.2, 0.25) is 0 Å². The lowest BCUT2D eigenvalue weighted by molar-refractivity contribution is 0.772. The summed E-state index contributed by atoms with van der Waals surface area (Å²) in [5.74, 6) is 1.23. The topological polar surface area (TPSA) is 69.6 Å². The largest absolute Gasteiger partial charge is 0.382 e.